The summed E-state index contributed by atoms with van der Waals surface area (Å²) in [5.41, 5.74) is -0.159. The number of hydrogen-bond acceptors (Lipinski definition) is 3. The van der Waals surface area contributed by atoms with Crippen LogP contribution in [0.1, 0.15) is 46.0 Å². The number of piperidine rings is 1. The molecule has 0 aromatic carbocycles. The first-order valence-corrected chi connectivity index (χ1v) is 7.21. The molecule has 4 nitrogen and oxygen atoms in total. The number of rotatable bonds is 3. The lowest BCUT2D eigenvalue weighted by Gasteiger charge is -2.36. The first-order chi connectivity index (χ1) is 8.59. The van der Waals surface area contributed by atoms with E-state index in [1.54, 1.807) is 0 Å². The van der Waals surface area contributed by atoms with Crippen molar-refractivity contribution < 1.29 is 9.53 Å². The Hall–Kier alpha value is -0.610. The monoisotopic (exact) mass is 254 g/mol. The minimum absolute atomic E-state index is 0.159. The Morgan fingerprint density at radius 3 is 3.00 bits per heavy atom. The Morgan fingerprint density at radius 2 is 2.33 bits per heavy atom. The van der Waals surface area contributed by atoms with E-state index in [0.717, 1.165) is 26.0 Å². The molecule has 2 fully saturated rings. The number of carbonyl (C=O) groups excluding carboxylic acids is 1. The molecular weight excluding hydrogens is 228 g/mol. The second-order valence-electron chi connectivity index (χ2n) is 6.15. The first kappa shape index (κ1) is 13.8. The summed E-state index contributed by atoms with van der Waals surface area (Å²) in [6.07, 6.45) is 5.11. The number of hydrogen-bond donors (Lipinski definition) is 2. The first-order valence-electron chi connectivity index (χ1n) is 7.21. The van der Waals surface area contributed by atoms with Crippen LogP contribution in [0.4, 0.5) is 0 Å². The van der Waals surface area contributed by atoms with E-state index < -0.39 is 0 Å². The summed E-state index contributed by atoms with van der Waals surface area (Å²) in [5, 5.41) is 6.62. The van der Waals surface area contributed by atoms with Crippen molar-refractivity contribution in [3.63, 3.8) is 0 Å². The molecule has 4 heteroatoms. The zero-order chi connectivity index (χ0) is 13.0. The van der Waals surface area contributed by atoms with Gasteiger partial charge in [0, 0.05) is 19.1 Å². The maximum Gasteiger partial charge on any atom is 0.222 e. The number of amides is 1. The van der Waals surface area contributed by atoms with E-state index in [9.17, 15) is 4.79 Å². The molecule has 2 N–H and O–H groups in total. The van der Waals surface area contributed by atoms with Gasteiger partial charge in [-0.15, -0.1) is 0 Å². The van der Waals surface area contributed by atoms with Crippen molar-refractivity contribution in [3.05, 3.63) is 0 Å². The predicted molar refractivity (Wildman–Crippen MR) is 71.4 cm³/mol. The predicted octanol–water partition coefficient (Wildman–Crippen LogP) is 1.45. The molecule has 104 valence electrons. The zero-order valence-electron chi connectivity index (χ0n) is 11.6. The average Bonchev–Trinajstić information content (AvgIpc) is 2.32. The SMILES string of the molecule is CC1CCCNC1CC(=O)NC1(C)CCCOC1. The minimum Gasteiger partial charge on any atom is -0.379 e. The third-order valence-corrected chi connectivity index (χ3v) is 4.21. The summed E-state index contributed by atoms with van der Waals surface area (Å²) < 4.78 is 5.47. The summed E-state index contributed by atoms with van der Waals surface area (Å²) in [6, 6.07) is 0.340. The van der Waals surface area contributed by atoms with Gasteiger partial charge in [0.05, 0.1) is 12.1 Å². The van der Waals surface area contributed by atoms with Gasteiger partial charge in [0.15, 0.2) is 0 Å². The van der Waals surface area contributed by atoms with Gasteiger partial charge in [0.25, 0.3) is 0 Å². The van der Waals surface area contributed by atoms with Gasteiger partial charge in [0.2, 0.25) is 5.91 Å². The van der Waals surface area contributed by atoms with Crippen molar-refractivity contribution in [2.24, 2.45) is 5.92 Å². The van der Waals surface area contributed by atoms with Gasteiger partial charge in [-0.3, -0.25) is 4.79 Å². The van der Waals surface area contributed by atoms with Crippen LogP contribution in [0.3, 0.4) is 0 Å². The van der Waals surface area contributed by atoms with Crippen LogP contribution in [-0.4, -0.2) is 37.2 Å². The van der Waals surface area contributed by atoms with E-state index in [2.05, 4.69) is 24.5 Å². The van der Waals surface area contributed by atoms with E-state index >= 15 is 0 Å². The van der Waals surface area contributed by atoms with Crippen molar-refractivity contribution in [3.8, 4) is 0 Å². The van der Waals surface area contributed by atoms with Gasteiger partial charge in [-0.1, -0.05) is 6.92 Å². The summed E-state index contributed by atoms with van der Waals surface area (Å²) in [5.74, 6) is 0.758. The zero-order valence-corrected chi connectivity index (χ0v) is 11.6. The Labute approximate surface area is 110 Å². The van der Waals surface area contributed by atoms with E-state index in [0.29, 0.717) is 25.0 Å². The molecule has 2 heterocycles. The molecule has 2 aliphatic heterocycles. The molecule has 0 saturated carbocycles. The van der Waals surface area contributed by atoms with Crippen LogP contribution in [-0.2, 0) is 9.53 Å². The van der Waals surface area contributed by atoms with Crippen LogP contribution in [0.2, 0.25) is 0 Å². The van der Waals surface area contributed by atoms with E-state index in [-0.39, 0.29) is 11.4 Å². The van der Waals surface area contributed by atoms with Gasteiger partial charge < -0.3 is 15.4 Å². The Kier molecular flexibility index (Phi) is 4.62. The van der Waals surface area contributed by atoms with Gasteiger partial charge in [-0.25, -0.2) is 0 Å². The second kappa shape index (κ2) is 6.02. The smallest absolute Gasteiger partial charge is 0.222 e. The Balaban J connectivity index is 1.80. The third-order valence-electron chi connectivity index (χ3n) is 4.21. The van der Waals surface area contributed by atoms with Crippen LogP contribution in [0.25, 0.3) is 0 Å². The van der Waals surface area contributed by atoms with Crippen LogP contribution < -0.4 is 10.6 Å². The second-order valence-corrected chi connectivity index (χ2v) is 6.15. The molecule has 2 aliphatic rings. The standard InChI is InChI=1S/C14H26N2O2/c1-11-5-3-7-15-12(11)9-13(17)16-14(2)6-4-8-18-10-14/h11-12,15H,3-10H2,1-2H3,(H,16,17). The van der Waals surface area contributed by atoms with Crippen molar-refractivity contribution in [1.82, 2.24) is 10.6 Å². The van der Waals surface area contributed by atoms with Crippen LogP contribution in [0, 0.1) is 5.92 Å². The van der Waals surface area contributed by atoms with Gasteiger partial charge in [-0.2, -0.15) is 0 Å². The van der Waals surface area contributed by atoms with Crippen molar-refractivity contribution in [2.75, 3.05) is 19.8 Å². The molecular formula is C14H26N2O2. The molecule has 2 saturated heterocycles. The highest BCUT2D eigenvalue weighted by molar-refractivity contribution is 5.77. The lowest BCUT2D eigenvalue weighted by atomic mass is 9.89. The van der Waals surface area contributed by atoms with Gasteiger partial charge >= 0.3 is 0 Å². The number of ether oxygens (including phenoxy) is 1. The normalized spacial score (nSPS) is 37.2. The lowest BCUT2D eigenvalue weighted by molar-refractivity contribution is -0.125. The molecule has 2 rings (SSSR count). The van der Waals surface area contributed by atoms with Crippen molar-refractivity contribution in [2.45, 2.75) is 57.5 Å². The fourth-order valence-corrected chi connectivity index (χ4v) is 3.01. The maximum absolute atomic E-state index is 12.1. The van der Waals surface area contributed by atoms with Crippen molar-refractivity contribution in [1.29, 1.82) is 0 Å². The fourth-order valence-electron chi connectivity index (χ4n) is 3.01. The van der Waals surface area contributed by atoms with E-state index in [1.165, 1.54) is 12.8 Å². The molecule has 0 spiro atoms. The molecule has 0 aromatic heterocycles. The van der Waals surface area contributed by atoms with Crippen molar-refractivity contribution >= 4 is 5.91 Å². The highest BCUT2D eigenvalue weighted by atomic mass is 16.5. The Morgan fingerprint density at radius 1 is 1.50 bits per heavy atom. The van der Waals surface area contributed by atoms with Crippen LogP contribution in [0.15, 0.2) is 0 Å². The lowest BCUT2D eigenvalue weighted by Crippen LogP contribution is -2.53. The summed E-state index contributed by atoms with van der Waals surface area (Å²) in [6.45, 7) is 6.83. The maximum atomic E-state index is 12.1. The molecule has 0 aliphatic carbocycles. The summed E-state index contributed by atoms with van der Waals surface area (Å²) in [4.78, 5) is 12.1. The highest BCUT2D eigenvalue weighted by Gasteiger charge is 2.31. The molecule has 0 bridgehead atoms. The van der Waals surface area contributed by atoms with Gasteiger partial charge in [0.1, 0.15) is 0 Å². The van der Waals surface area contributed by atoms with E-state index in [1.807, 2.05) is 0 Å². The quantitative estimate of drug-likeness (QED) is 0.801. The van der Waals surface area contributed by atoms with Crippen LogP contribution >= 0.6 is 0 Å². The highest BCUT2D eigenvalue weighted by Crippen LogP contribution is 2.21. The number of nitrogens with one attached hydrogen (secondary N) is 2. The van der Waals surface area contributed by atoms with E-state index in [4.69, 9.17) is 4.74 Å². The Bertz CT molecular complexity index is 288. The molecule has 3 atom stereocenters. The molecule has 1 amide bonds. The molecule has 0 aromatic rings. The minimum atomic E-state index is -0.159. The molecule has 0 radical (unpaired) electrons. The largest absolute Gasteiger partial charge is 0.379 e. The molecule has 3 unspecified atom stereocenters. The number of carbonyl (C=O) groups is 1. The van der Waals surface area contributed by atoms with Crippen LogP contribution in [0.5, 0.6) is 0 Å². The summed E-state index contributed by atoms with van der Waals surface area (Å²) >= 11 is 0. The third kappa shape index (κ3) is 3.69. The molecule has 18 heavy (non-hydrogen) atoms. The summed E-state index contributed by atoms with van der Waals surface area (Å²) in [7, 11) is 0. The fraction of sp³-hybridized carbons (Fsp3) is 0.929. The topological polar surface area (TPSA) is 50.4 Å². The average molecular weight is 254 g/mol. The van der Waals surface area contributed by atoms with Gasteiger partial charge in [-0.05, 0) is 45.1 Å².